The molecule has 0 aromatic rings. The minimum absolute atomic E-state index is 1.02. The zero-order valence-electron chi connectivity index (χ0n) is 11.0. The first-order valence-corrected chi connectivity index (χ1v) is 8.09. The zero-order valence-corrected chi connectivity index (χ0v) is 11.0. The molecule has 0 aromatic heterocycles. The second-order valence-corrected chi connectivity index (χ2v) is 7.53. The van der Waals surface area contributed by atoms with Crippen LogP contribution in [0.3, 0.4) is 0 Å². The van der Waals surface area contributed by atoms with Crippen molar-refractivity contribution in [2.24, 2.45) is 35.5 Å². The van der Waals surface area contributed by atoms with Gasteiger partial charge in [0.25, 0.3) is 0 Å². The van der Waals surface area contributed by atoms with Gasteiger partial charge in [0.15, 0.2) is 0 Å². The summed E-state index contributed by atoms with van der Waals surface area (Å²) in [6.07, 6.45) is 12.6. The summed E-state index contributed by atoms with van der Waals surface area (Å²) in [7, 11) is 0. The molecule has 17 heavy (non-hydrogen) atoms. The number of hydrogen-bond acceptors (Lipinski definition) is 1. The van der Waals surface area contributed by atoms with E-state index in [9.17, 15) is 0 Å². The summed E-state index contributed by atoms with van der Waals surface area (Å²) in [5.41, 5.74) is 0. The Bertz CT molecular complexity index is 251. The zero-order chi connectivity index (χ0) is 11.2. The Morgan fingerprint density at radius 1 is 0.824 bits per heavy atom. The Balaban J connectivity index is 1.37. The number of hydrogen-bond donors (Lipinski definition) is 1. The van der Waals surface area contributed by atoms with Crippen molar-refractivity contribution in [3.63, 3.8) is 0 Å². The molecule has 4 saturated carbocycles. The van der Waals surface area contributed by atoms with E-state index < -0.39 is 0 Å². The summed E-state index contributed by atoms with van der Waals surface area (Å²) in [6.45, 7) is 2.60. The molecule has 1 saturated heterocycles. The molecule has 4 bridgehead atoms. The molecule has 1 unspecified atom stereocenters. The lowest BCUT2D eigenvalue weighted by Crippen LogP contribution is -2.45. The first-order valence-electron chi connectivity index (χ1n) is 8.09. The molecule has 1 N–H and O–H groups in total. The molecule has 1 atom stereocenters. The third-order valence-electron chi connectivity index (χ3n) is 6.49. The lowest BCUT2D eigenvalue weighted by molar-refractivity contribution is -0.0414. The molecule has 0 amide bonds. The highest BCUT2D eigenvalue weighted by atomic mass is 14.9. The molecule has 5 rings (SSSR count). The largest absolute Gasteiger partial charge is 0.316 e. The van der Waals surface area contributed by atoms with Gasteiger partial charge in [-0.2, -0.15) is 0 Å². The standard InChI is InChI=1S/C16H27N/c1(11-3-4-17-10-11)2-16-14-6-12-5-13(8-14)9-15(16)7-12/h11-17H,1-10H2. The van der Waals surface area contributed by atoms with Crippen LogP contribution in [0.25, 0.3) is 0 Å². The lowest BCUT2D eigenvalue weighted by Gasteiger charge is -2.54. The number of nitrogens with one attached hydrogen (secondary N) is 1. The average molecular weight is 233 g/mol. The number of rotatable bonds is 3. The van der Waals surface area contributed by atoms with E-state index in [0.717, 1.165) is 35.5 Å². The molecule has 0 radical (unpaired) electrons. The predicted molar refractivity (Wildman–Crippen MR) is 70.7 cm³/mol. The maximum atomic E-state index is 3.52. The van der Waals surface area contributed by atoms with Gasteiger partial charge in [0.05, 0.1) is 0 Å². The molecule has 5 fully saturated rings. The van der Waals surface area contributed by atoms with Crippen molar-refractivity contribution in [1.29, 1.82) is 0 Å². The van der Waals surface area contributed by atoms with Gasteiger partial charge in [-0.3, -0.25) is 0 Å². The molecule has 1 aliphatic heterocycles. The van der Waals surface area contributed by atoms with Crippen LogP contribution < -0.4 is 5.32 Å². The average Bonchev–Trinajstić information content (AvgIpc) is 2.80. The monoisotopic (exact) mass is 233 g/mol. The summed E-state index contributed by atoms with van der Waals surface area (Å²) < 4.78 is 0. The Morgan fingerprint density at radius 3 is 2.12 bits per heavy atom. The quantitative estimate of drug-likeness (QED) is 0.787. The SMILES string of the molecule is C1CC(CCC2C3CC4CC(C3)CC2C4)CN1. The molecule has 0 aromatic carbocycles. The van der Waals surface area contributed by atoms with Crippen molar-refractivity contribution in [1.82, 2.24) is 5.32 Å². The van der Waals surface area contributed by atoms with E-state index in [-0.39, 0.29) is 0 Å². The van der Waals surface area contributed by atoms with Gasteiger partial charge in [-0.1, -0.05) is 0 Å². The summed E-state index contributed by atoms with van der Waals surface area (Å²) >= 11 is 0. The molecule has 96 valence electrons. The van der Waals surface area contributed by atoms with Gasteiger partial charge in [0.2, 0.25) is 0 Å². The van der Waals surface area contributed by atoms with Crippen molar-refractivity contribution in [3.8, 4) is 0 Å². The van der Waals surface area contributed by atoms with Gasteiger partial charge in [-0.05, 0) is 100.0 Å². The fraction of sp³-hybridized carbons (Fsp3) is 1.00. The minimum Gasteiger partial charge on any atom is -0.316 e. The summed E-state index contributed by atoms with van der Waals surface area (Å²) in [5.74, 6) is 6.78. The second kappa shape index (κ2) is 4.26. The minimum atomic E-state index is 1.02. The Morgan fingerprint density at radius 2 is 1.53 bits per heavy atom. The van der Waals surface area contributed by atoms with Crippen molar-refractivity contribution in [3.05, 3.63) is 0 Å². The van der Waals surface area contributed by atoms with Crippen LogP contribution in [0, 0.1) is 35.5 Å². The highest BCUT2D eigenvalue weighted by Crippen LogP contribution is 2.57. The van der Waals surface area contributed by atoms with Crippen LogP contribution >= 0.6 is 0 Å². The molecule has 5 aliphatic rings. The highest BCUT2D eigenvalue weighted by molar-refractivity contribution is 4.98. The van der Waals surface area contributed by atoms with Crippen LogP contribution in [-0.4, -0.2) is 13.1 Å². The molecular weight excluding hydrogens is 206 g/mol. The Hall–Kier alpha value is -0.0400. The van der Waals surface area contributed by atoms with E-state index in [4.69, 9.17) is 0 Å². The van der Waals surface area contributed by atoms with E-state index in [1.807, 2.05) is 0 Å². The third-order valence-corrected chi connectivity index (χ3v) is 6.49. The van der Waals surface area contributed by atoms with Crippen LogP contribution in [-0.2, 0) is 0 Å². The van der Waals surface area contributed by atoms with Gasteiger partial charge in [0.1, 0.15) is 0 Å². The summed E-state index contributed by atoms with van der Waals surface area (Å²) in [4.78, 5) is 0. The molecule has 4 aliphatic carbocycles. The van der Waals surface area contributed by atoms with Gasteiger partial charge < -0.3 is 5.32 Å². The smallest absolute Gasteiger partial charge is 0.00200 e. The third kappa shape index (κ3) is 1.95. The predicted octanol–water partition coefficient (Wildman–Crippen LogP) is 3.45. The first-order chi connectivity index (χ1) is 8.38. The molecular formula is C16H27N. The Kier molecular flexibility index (Phi) is 2.72. The van der Waals surface area contributed by atoms with Gasteiger partial charge in [0, 0.05) is 0 Å². The maximum Gasteiger partial charge on any atom is -0.00200 e. The van der Waals surface area contributed by atoms with Gasteiger partial charge in [-0.15, -0.1) is 0 Å². The van der Waals surface area contributed by atoms with Crippen LogP contribution in [0.5, 0.6) is 0 Å². The van der Waals surface area contributed by atoms with E-state index >= 15 is 0 Å². The summed E-state index contributed by atoms with van der Waals surface area (Å²) in [5, 5.41) is 3.52. The Labute approximate surface area is 106 Å². The summed E-state index contributed by atoms with van der Waals surface area (Å²) in [6, 6.07) is 0. The van der Waals surface area contributed by atoms with E-state index in [2.05, 4.69) is 5.32 Å². The topological polar surface area (TPSA) is 12.0 Å². The fourth-order valence-corrected chi connectivity index (χ4v) is 5.90. The first kappa shape index (κ1) is 10.8. The highest BCUT2D eigenvalue weighted by Gasteiger charge is 2.47. The van der Waals surface area contributed by atoms with E-state index in [1.54, 1.807) is 38.5 Å². The van der Waals surface area contributed by atoms with Crippen molar-refractivity contribution in [2.75, 3.05) is 13.1 Å². The van der Waals surface area contributed by atoms with Crippen LogP contribution in [0.4, 0.5) is 0 Å². The molecule has 1 heteroatoms. The molecule has 0 spiro atoms. The van der Waals surface area contributed by atoms with E-state index in [1.165, 1.54) is 25.9 Å². The van der Waals surface area contributed by atoms with Crippen molar-refractivity contribution in [2.45, 2.75) is 51.4 Å². The normalized spacial score (nSPS) is 52.2. The maximum absolute atomic E-state index is 3.52. The molecule has 1 heterocycles. The van der Waals surface area contributed by atoms with Crippen molar-refractivity contribution >= 4 is 0 Å². The van der Waals surface area contributed by atoms with Gasteiger partial charge in [-0.25, -0.2) is 0 Å². The second-order valence-electron chi connectivity index (χ2n) is 7.53. The van der Waals surface area contributed by atoms with Crippen LogP contribution in [0.1, 0.15) is 51.4 Å². The van der Waals surface area contributed by atoms with E-state index in [0.29, 0.717) is 0 Å². The fourth-order valence-electron chi connectivity index (χ4n) is 5.90. The lowest BCUT2D eigenvalue weighted by atomic mass is 9.51. The van der Waals surface area contributed by atoms with Crippen LogP contribution in [0.15, 0.2) is 0 Å². The van der Waals surface area contributed by atoms with Gasteiger partial charge >= 0.3 is 0 Å². The van der Waals surface area contributed by atoms with Crippen LogP contribution in [0.2, 0.25) is 0 Å². The molecule has 1 nitrogen and oxygen atoms in total. The van der Waals surface area contributed by atoms with Crippen molar-refractivity contribution < 1.29 is 0 Å².